The fourth-order valence-corrected chi connectivity index (χ4v) is 4.45. The third kappa shape index (κ3) is 5.10. The first kappa shape index (κ1) is 22.0. The molecule has 7 nitrogen and oxygen atoms in total. The second kappa shape index (κ2) is 9.44. The molecule has 0 atom stereocenters. The van der Waals surface area contributed by atoms with Crippen molar-refractivity contribution < 1.29 is 22.7 Å². The van der Waals surface area contributed by atoms with Crippen LogP contribution >= 0.6 is 0 Å². The van der Waals surface area contributed by atoms with Crippen molar-refractivity contribution in [2.75, 3.05) is 23.3 Å². The molecule has 0 aliphatic rings. The highest BCUT2D eigenvalue weighted by Gasteiger charge is 2.29. The lowest BCUT2D eigenvalue weighted by Gasteiger charge is -2.25. The van der Waals surface area contributed by atoms with Crippen LogP contribution in [0.1, 0.15) is 17.3 Å². The summed E-state index contributed by atoms with van der Waals surface area (Å²) in [6.45, 7) is 0.943. The smallest absolute Gasteiger partial charge is 0.264 e. The molecule has 1 amide bonds. The molecule has 3 aromatic rings. The van der Waals surface area contributed by atoms with Gasteiger partial charge in [0.2, 0.25) is 5.91 Å². The number of nitrogens with zero attached hydrogens (tertiary/aromatic N) is 1. The third-order valence-electron chi connectivity index (χ3n) is 4.53. The van der Waals surface area contributed by atoms with Gasteiger partial charge >= 0.3 is 0 Å². The molecule has 0 aliphatic heterocycles. The van der Waals surface area contributed by atoms with E-state index in [9.17, 15) is 18.0 Å². The average molecular weight is 439 g/mol. The predicted molar refractivity (Wildman–Crippen MR) is 119 cm³/mol. The normalized spacial score (nSPS) is 10.9. The maximum absolute atomic E-state index is 13.4. The first-order chi connectivity index (χ1) is 14.8. The van der Waals surface area contributed by atoms with Crippen molar-refractivity contribution in [3.8, 4) is 5.75 Å². The van der Waals surface area contributed by atoms with E-state index in [0.29, 0.717) is 17.0 Å². The van der Waals surface area contributed by atoms with Crippen LogP contribution in [0.25, 0.3) is 0 Å². The minimum atomic E-state index is -4.06. The number of nitrogens with one attached hydrogen (secondary N) is 1. The first-order valence-corrected chi connectivity index (χ1v) is 10.9. The number of hydrogen-bond donors (Lipinski definition) is 1. The Bertz CT molecular complexity index is 1190. The van der Waals surface area contributed by atoms with E-state index in [1.165, 1.54) is 26.2 Å². The molecule has 8 heteroatoms. The van der Waals surface area contributed by atoms with Gasteiger partial charge in [0.15, 0.2) is 5.78 Å². The molecule has 0 heterocycles. The molecule has 0 fully saturated rings. The molecule has 3 rings (SSSR count). The highest BCUT2D eigenvalue weighted by molar-refractivity contribution is 7.92. The summed E-state index contributed by atoms with van der Waals surface area (Å²) in [6, 6.07) is 20.9. The number of ether oxygens (including phenoxy) is 1. The van der Waals surface area contributed by atoms with Crippen LogP contribution in [0.2, 0.25) is 0 Å². The van der Waals surface area contributed by atoms with E-state index in [1.54, 1.807) is 66.7 Å². The number of benzene rings is 3. The molecule has 160 valence electrons. The molecule has 0 aliphatic carbocycles. The van der Waals surface area contributed by atoms with Crippen molar-refractivity contribution in [2.45, 2.75) is 11.8 Å². The van der Waals surface area contributed by atoms with Crippen LogP contribution in [0.15, 0.2) is 83.8 Å². The van der Waals surface area contributed by atoms with E-state index >= 15 is 0 Å². The van der Waals surface area contributed by atoms with Crippen molar-refractivity contribution in [3.05, 3.63) is 84.4 Å². The van der Waals surface area contributed by atoms with Gasteiger partial charge in [-0.3, -0.25) is 13.9 Å². The number of methoxy groups -OCH3 is 1. The SMILES string of the molecule is COc1ccccc1N(CC(=O)Nc1cccc(C(C)=O)c1)S(=O)(=O)c1ccccc1. The van der Waals surface area contributed by atoms with Gasteiger partial charge in [0.05, 0.1) is 17.7 Å². The molecule has 1 N–H and O–H groups in total. The number of sulfonamides is 1. The van der Waals surface area contributed by atoms with E-state index in [2.05, 4.69) is 5.32 Å². The topological polar surface area (TPSA) is 92.8 Å². The van der Waals surface area contributed by atoms with Crippen LogP contribution in [0.4, 0.5) is 11.4 Å². The minimum Gasteiger partial charge on any atom is -0.495 e. The molecular weight excluding hydrogens is 416 g/mol. The minimum absolute atomic E-state index is 0.0484. The predicted octanol–water partition coefficient (Wildman–Crippen LogP) is 3.73. The van der Waals surface area contributed by atoms with Gasteiger partial charge in [0, 0.05) is 11.3 Å². The molecular formula is C23H22N2O5S. The van der Waals surface area contributed by atoms with Crippen LogP contribution in [0, 0.1) is 0 Å². The lowest BCUT2D eigenvalue weighted by Crippen LogP contribution is -2.38. The standard InChI is InChI=1S/C23H22N2O5S/c1-17(26)18-9-8-10-19(15-18)24-23(27)16-25(21-13-6-7-14-22(21)30-2)31(28,29)20-11-4-3-5-12-20/h3-15H,16H2,1-2H3,(H,24,27). The molecule has 0 radical (unpaired) electrons. The van der Waals surface area contributed by atoms with Gasteiger partial charge in [-0.05, 0) is 43.3 Å². The summed E-state index contributed by atoms with van der Waals surface area (Å²) >= 11 is 0. The molecule has 0 unspecified atom stereocenters. The van der Waals surface area contributed by atoms with E-state index in [4.69, 9.17) is 4.74 Å². The van der Waals surface area contributed by atoms with Gasteiger partial charge < -0.3 is 10.1 Å². The number of hydrogen-bond acceptors (Lipinski definition) is 5. The second-order valence-electron chi connectivity index (χ2n) is 6.68. The molecule has 0 aromatic heterocycles. The second-order valence-corrected chi connectivity index (χ2v) is 8.54. The van der Waals surface area contributed by atoms with Crippen LogP contribution < -0.4 is 14.4 Å². The largest absolute Gasteiger partial charge is 0.495 e. The van der Waals surface area contributed by atoms with Gasteiger partial charge in [0.1, 0.15) is 12.3 Å². The number of rotatable bonds is 8. The number of ketones is 1. The zero-order valence-corrected chi connectivity index (χ0v) is 17.9. The van der Waals surface area contributed by atoms with E-state index in [-0.39, 0.29) is 16.4 Å². The Kier molecular flexibility index (Phi) is 6.71. The lowest BCUT2D eigenvalue weighted by atomic mass is 10.1. The van der Waals surface area contributed by atoms with Crippen LogP contribution in [0.5, 0.6) is 5.75 Å². The summed E-state index contributed by atoms with van der Waals surface area (Å²) in [7, 11) is -2.63. The fraction of sp³-hybridized carbons (Fsp3) is 0.130. The Hall–Kier alpha value is -3.65. The van der Waals surface area contributed by atoms with Crippen LogP contribution in [-0.4, -0.2) is 33.8 Å². The van der Waals surface area contributed by atoms with Gasteiger partial charge in [-0.15, -0.1) is 0 Å². The highest BCUT2D eigenvalue weighted by Crippen LogP contribution is 2.32. The molecule has 31 heavy (non-hydrogen) atoms. The average Bonchev–Trinajstić information content (AvgIpc) is 2.78. The Morgan fingerprint density at radius 3 is 2.29 bits per heavy atom. The fourth-order valence-electron chi connectivity index (χ4n) is 3.00. The highest BCUT2D eigenvalue weighted by atomic mass is 32.2. The number of carbonyl (C=O) groups excluding carboxylic acids is 2. The number of Topliss-reactive ketones (excluding diaryl/α,β-unsaturated/α-hetero) is 1. The van der Waals surface area contributed by atoms with Crippen molar-refractivity contribution in [2.24, 2.45) is 0 Å². The Labute approximate surface area is 181 Å². The Morgan fingerprint density at radius 1 is 0.935 bits per heavy atom. The molecule has 0 bridgehead atoms. The molecule has 3 aromatic carbocycles. The summed E-state index contributed by atoms with van der Waals surface area (Å²) in [6.07, 6.45) is 0. The van der Waals surface area contributed by atoms with E-state index in [0.717, 1.165) is 4.31 Å². The Balaban J connectivity index is 1.96. The quantitative estimate of drug-likeness (QED) is 0.541. The number of amides is 1. The number of carbonyl (C=O) groups is 2. The van der Waals surface area contributed by atoms with Crippen LogP contribution in [0.3, 0.4) is 0 Å². The van der Waals surface area contributed by atoms with Crippen molar-refractivity contribution in [1.82, 2.24) is 0 Å². The summed E-state index contributed by atoms with van der Waals surface area (Å²) in [5.74, 6) is -0.391. The van der Waals surface area contributed by atoms with Gasteiger partial charge in [-0.2, -0.15) is 0 Å². The lowest BCUT2D eigenvalue weighted by molar-refractivity contribution is -0.114. The maximum Gasteiger partial charge on any atom is 0.264 e. The maximum atomic E-state index is 13.4. The third-order valence-corrected chi connectivity index (χ3v) is 6.30. The monoisotopic (exact) mass is 438 g/mol. The van der Waals surface area contributed by atoms with Gasteiger partial charge in [-0.1, -0.05) is 42.5 Å². The van der Waals surface area contributed by atoms with Crippen LogP contribution in [-0.2, 0) is 14.8 Å². The van der Waals surface area contributed by atoms with E-state index in [1.807, 2.05) is 0 Å². The summed E-state index contributed by atoms with van der Waals surface area (Å²) in [5, 5.41) is 2.66. The Morgan fingerprint density at radius 2 is 1.61 bits per heavy atom. The van der Waals surface area contributed by atoms with E-state index < -0.39 is 22.5 Å². The zero-order chi connectivity index (χ0) is 22.4. The van der Waals surface area contributed by atoms with Gasteiger partial charge in [-0.25, -0.2) is 8.42 Å². The molecule has 0 spiro atoms. The summed E-state index contributed by atoms with van der Waals surface area (Å²) < 4.78 is 33.1. The number of para-hydroxylation sites is 2. The summed E-state index contributed by atoms with van der Waals surface area (Å²) in [4.78, 5) is 24.5. The van der Waals surface area contributed by atoms with Crippen molar-refractivity contribution >= 4 is 33.1 Å². The zero-order valence-electron chi connectivity index (χ0n) is 17.1. The molecule has 0 saturated carbocycles. The summed E-state index contributed by atoms with van der Waals surface area (Å²) in [5.41, 5.74) is 1.08. The first-order valence-electron chi connectivity index (χ1n) is 9.44. The van der Waals surface area contributed by atoms with Crippen molar-refractivity contribution in [3.63, 3.8) is 0 Å². The molecule has 0 saturated heterocycles. The van der Waals surface area contributed by atoms with Gasteiger partial charge in [0.25, 0.3) is 10.0 Å². The number of anilines is 2. The van der Waals surface area contributed by atoms with Crippen molar-refractivity contribution in [1.29, 1.82) is 0 Å².